The van der Waals surface area contributed by atoms with Gasteiger partial charge in [-0.2, -0.15) is 0 Å². The van der Waals surface area contributed by atoms with E-state index in [1.54, 1.807) is 6.07 Å². The Morgan fingerprint density at radius 2 is 2.18 bits per heavy atom. The molecule has 2 atom stereocenters. The predicted octanol–water partition coefficient (Wildman–Crippen LogP) is 1.64. The zero-order chi connectivity index (χ0) is 11.4. The summed E-state index contributed by atoms with van der Waals surface area (Å²) in [6.45, 7) is 1.10. The molecule has 2 saturated carbocycles. The van der Waals surface area contributed by atoms with Crippen molar-refractivity contribution in [2.24, 2.45) is 5.92 Å². The Hall–Kier alpha value is -1.32. The average Bonchev–Trinajstić information content (AvgIpc) is 2.97. The molecule has 4 heteroatoms. The maximum atomic E-state index is 11.7. The highest BCUT2D eigenvalue weighted by Crippen LogP contribution is 2.41. The van der Waals surface area contributed by atoms with Gasteiger partial charge in [0.05, 0.1) is 0 Å². The van der Waals surface area contributed by atoms with Gasteiger partial charge in [-0.15, -0.1) is 0 Å². The lowest BCUT2D eigenvalue weighted by Gasteiger charge is -2.28. The molecule has 1 N–H and O–H groups in total. The Labute approximate surface area is 100 Å². The lowest BCUT2D eigenvalue weighted by Crippen LogP contribution is -2.33. The fraction of sp³-hybridized carbons (Fsp3) is 0.692. The van der Waals surface area contributed by atoms with Crippen molar-refractivity contribution in [3.8, 4) is 0 Å². The SMILES string of the molecule is O=c1cc(N2CC3CCC2C3)nc(C2CC2)[nH]1. The standard InChI is InChI=1S/C13H17N3O/c17-12-6-11(14-13(15-12)9-2-3-9)16-7-8-1-4-10(16)5-8/h6,8-10H,1-5,7H2,(H,14,15,17). The molecular formula is C13H17N3O. The van der Waals surface area contributed by atoms with Gasteiger partial charge < -0.3 is 9.88 Å². The first kappa shape index (κ1) is 9.68. The molecule has 1 saturated heterocycles. The summed E-state index contributed by atoms with van der Waals surface area (Å²) in [6, 6.07) is 2.31. The molecule has 3 aliphatic rings. The second kappa shape index (κ2) is 3.34. The second-order valence-corrected chi connectivity index (χ2v) is 5.75. The largest absolute Gasteiger partial charge is 0.353 e. The summed E-state index contributed by atoms with van der Waals surface area (Å²) in [5.74, 6) is 3.19. The Bertz CT molecular complexity index is 506. The monoisotopic (exact) mass is 231 g/mol. The molecule has 90 valence electrons. The van der Waals surface area contributed by atoms with E-state index >= 15 is 0 Å². The van der Waals surface area contributed by atoms with Gasteiger partial charge in [-0.25, -0.2) is 4.98 Å². The smallest absolute Gasteiger partial charge is 0.252 e. The molecule has 2 bridgehead atoms. The van der Waals surface area contributed by atoms with Crippen LogP contribution in [0, 0.1) is 5.92 Å². The van der Waals surface area contributed by atoms with Crippen LogP contribution in [0.3, 0.4) is 0 Å². The van der Waals surface area contributed by atoms with Gasteiger partial charge in [0.15, 0.2) is 0 Å². The number of H-pyrrole nitrogens is 1. The number of hydrogen-bond acceptors (Lipinski definition) is 3. The zero-order valence-electron chi connectivity index (χ0n) is 9.85. The number of anilines is 1. The Kier molecular flexibility index (Phi) is 1.90. The van der Waals surface area contributed by atoms with Gasteiger partial charge in [-0.1, -0.05) is 0 Å². The van der Waals surface area contributed by atoms with Crippen molar-refractivity contribution in [2.45, 2.75) is 44.1 Å². The van der Waals surface area contributed by atoms with Crippen molar-refractivity contribution in [1.82, 2.24) is 9.97 Å². The van der Waals surface area contributed by atoms with Crippen LogP contribution in [0.5, 0.6) is 0 Å². The summed E-state index contributed by atoms with van der Waals surface area (Å²) in [5, 5.41) is 0. The molecule has 4 nitrogen and oxygen atoms in total. The third-order valence-corrected chi connectivity index (χ3v) is 4.41. The van der Waals surface area contributed by atoms with Crippen LogP contribution in [-0.4, -0.2) is 22.6 Å². The van der Waals surface area contributed by atoms with E-state index in [0.717, 1.165) is 24.1 Å². The quantitative estimate of drug-likeness (QED) is 0.841. The normalized spacial score (nSPS) is 31.2. The third kappa shape index (κ3) is 1.58. The molecule has 3 fully saturated rings. The van der Waals surface area contributed by atoms with Crippen molar-refractivity contribution in [3.05, 3.63) is 22.2 Å². The first-order valence-corrected chi connectivity index (χ1v) is 6.67. The summed E-state index contributed by atoms with van der Waals surface area (Å²) in [6.07, 6.45) is 6.29. The van der Waals surface area contributed by atoms with Crippen LogP contribution in [0.1, 0.15) is 43.8 Å². The molecule has 0 radical (unpaired) electrons. The van der Waals surface area contributed by atoms with Gasteiger partial charge in [0.2, 0.25) is 0 Å². The lowest BCUT2D eigenvalue weighted by molar-refractivity contribution is 0.549. The minimum atomic E-state index is 0.0136. The van der Waals surface area contributed by atoms with E-state index in [9.17, 15) is 4.79 Å². The minimum absolute atomic E-state index is 0.0136. The van der Waals surface area contributed by atoms with Crippen molar-refractivity contribution in [3.63, 3.8) is 0 Å². The number of fused-ring (bicyclic) bond motifs is 2. The molecule has 1 aromatic rings. The summed E-state index contributed by atoms with van der Waals surface area (Å²) in [5.41, 5.74) is 0.0136. The Balaban J connectivity index is 1.70. The van der Waals surface area contributed by atoms with E-state index in [1.807, 2.05) is 0 Å². The van der Waals surface area contributed by atoms with Gasteiger partial charge in [0.25, 0.3) is 5.56 Å². The maximum absolute atomic E-state index is 11.7. The zero-order valence-corrected chi connectivity index (χ0v) is 9.85. The van der Waals surface area contributed by atoms with Crippen LogP contribution in [0.4, 0.5) is 5.82 Å². The molecular weight excluding hydrogens is 214 g/mol. The van der Waals surface area contributed by atoms with Crippen molar-refractivity contribution >= 4 is 5.82 Å². The van der Waals surface area contributed by atoms with E-state index in [1.165, 1.54) is 32.1 Å². The van der Waals surface area contributed by atoms with Crippen LogP contribution >= 0.6 is 0 Å². The number of aromatic nitrogens is 2. The van der Waals surface area contributed by atoms with Gasteiger partial charge in [-0.3, -0.25) is 4.79 Å². The lowest BCUT2D eigenvalue weighted by atomic mass is 10.1. The third-order valence-electron chi connectivity index (χ3n) is 4.41. The van der Waals surface area contributed by atoms with Gasteiger partial charge in [-0.05, 0) is 38.0 Å². The molecule has 0 amide bonds. The van der Waals surface area contributed by atoms with Crippen molar-refractivity contribution in [1.29, 1.82) is 0 Å². The van der Waals surface area contributed by atoms with E-state index in [0.29, 0.717) is 12.0 Å². The summed E-state index contributed by atoms with van der Waals surface area (Å²) in [4.78, 5) is 21.6. The fourth-order valence-corrected chi connectivity index (χ4v) is 3.37. The fourth-order valence-electron chi connectivity index (χ4n) is 3.37. The van der Waals surface area contributed by atoms with Crippen LogP contribution in [0.2, 0.25) is 0 Å². The maximum Gasteiger partial charge on any atom is 0.252 e. The van der Waals surface area contributed by atoms with E-state index in [2.05, 4.69) is 14.9 Å². The van der Waals surface area contributed by atoms with Crippen LogP contribution < -0.4 is 10.5 Å². The first-order valence-electron chi connectivity index (χ1n) is 6.67. The molecule has 4 rings (SSSR count). The van der Waals surface area contributed by atoms with Crippen LogP contribution in [0.15, 0.2) is 10.9 Å². The topological polar surface area (TPSA) is 49.0 Å². The van der Waals surface area contributed by atoms with Crippen LogP contribution in [0.25, 0.3) is 0 Å². The molecule has 1 aliphatic heterocycles. The van der Waals surface area contributed by atoms with Crippen molar-refractivity contribution < 1.29 is 0 Å². The minimum Gasteiger partial charge on any atom is -0.353 e. The molecule has 0 spiro atoms. The molecule has 1 aromatic heterocycles. The number of aromatic amines is 1. The molecule has 17 heavy (non-hydrogen) atoms. The summed E-state index contributed by atoms with van der Waals surface area (Å²) < 4.78 is 0. The van der Waals surface area contributed by atoms with Gasteiger partial charge >= 0.3 is 0 Å². The predicted molar refractivity (Wildman–Crippen MR) is 65.3 cm³/mol. The highest BCUT2D eigenvalue weighted by atomic mass is 16.1. The van der Waals surface area contributed by atoms with Gasteiger partial charge in [0.1, 0.15) is 11.6 Å². The van der Waals surface area contributed by atoms with Gasteiger partial charge in [0, 0.05) is 24.6 Å². The molecule has 2 heterocycles. The number of piperidine rings is 1. The van der Waals surface area contributed by atoms with Crippen LogP contribution in [-0.2, 0) is 0 Å². The number of rotatable bonds is 2. The summed E-state index contributed by atoms with van der Waals surface area (Å²) in [7, 11) is 0. The number of hydrogen-bond donors (Lipinski definition) is 1. The molecule has 0 aromatic carbocycles. The van der Waals surface area contributed by atoms with E-state index in [4.69, 9.17) is 0 Å². The first-order chi connectivity index (χ1) is 8.29. The Morgan fingerprint density at radius 1 is 1.29 bits per heavy atom. The second-order valence-electron chi connectivity index (χ2n) is 5.75. The van der Waals surface area contributed by atoms with E-state index in [-0.39, 0.29) is 5.56 Å². The van der Waals surface area contributed by atoms with Crippen molar-refractivity contribution in [2.75, 3.05) is 11.4 Å². The molecule has 2 unspecified atom stereocenters. The molecule has 2 aliphatic carbocycles. The average molecular weight is 231 g/mol. The highest BCUT2D eigenvalue weighted by molar-refractivity contribution is 5.42. The van der Waals surface area contributed by atoms with E-state index < -0.39 is 0 Å². The summed E-state index contributed by atoms with van der Waals surface area (Å²) >= 11 is 0. The number of nitrogens with one attached hydrogen (secondary N) is 1. The highest BCUT2D eigenvalue weighted by Gasteiger charge is 2.39. The number of nitrogens with zero attached hydrogens (tertiary/aromatic N) is 2. The Morgan fingerprint density at radius 3 is 2.82 bits per heavy atom.